The van der Waals surface area contributed by atoms with Crippen LogP contribution in [0.3, 0.4) is 0 Å². The zero-order chi connectivity index (χ0) is 22.8. The minimum Gasteiger partial charge on any atom is -0.489 e. The van der Waals surface area contributed by atoms with Gasteiger partial charge in [-0.05, 0) is 65.0 Å². The van der Waals surface area contributed by atoms with Gasteiger partial charge in [0.25, 0.3) is 0 Å². The van der Waals surface area contributed by atoms with Crippen LogP contribution in [0, 0.1) is 6.92 Å². The van der Waals surface area contributed by atoms with E-state index in [2.05, 4.69) is 67.7 Å². The van der Waals surface area contributed by atoms with Gasteiger partial charge in [-0.2, -0.15) is 9.59 Å². The third kappa shape index (κ3) is 4.23. The van der Waals surface area contributed by atoms with E-state index in [1.54, 1.807) is 0 Å². The van der Waals surface area contributed by atoms with Crippen molar-refractivity contribution in [1.29, 1.82) is 0 Å². The van der Waals surface area contributed by atoms with Crippen LogP contribution in [0.2, 0.25) is 0 Å². The summed E-state index contributed by atoms with van der Waals surface area (Å²) in [6.07, 6.45) is 1.80. The van der Waals surface area contributed by atoms with E-state index < -0.39 is 0 Å². The zero-order valence-corrected chi connectivity index (χ0v) is 19.7. The van der Waals surface area contributed by atoms with Gasteiger partial charge >= 0.3 is 0 Å². The molecule has 2 aromatic carbocycles. The second-order valence-electron chi connectivity index (χ2n) is 7.89. The van der Waals surface area contributed by atoms with Crippen molar-refractivity contribution < 1.29 is 4.74 Å². The number of ether oxygens (including phenoxy) is 1. The normalized spacial score (nSPS) is 11.4. The molecule has 9 heteroatoms. The van der Waals surface area contributed by atoms with E-state index in [0.717, 1.165) is 58.1 Å². The molecule has 0 fully saturated rings. The SMILES string of the molecule is CCc1cc(-c2nn[nH]n2)ccc1COc1ccc(Cn2c(CC)nc3c(C)nsc32)cc1. The summed E-state index contributed by atoms with van der Waals surface area (Å²) < 4.78 is 12.8. The summed E-state index contributed by atoms with van der Waals surface area (Å²) in [5.41, 5.74) is 6.55. The van der Waals surface area contributed by atoms with Crippen LogP contribution in [0.15, 0.2) is 42.5 Å². The highest BCUT2D eigenvalue weighted by Crippen LogP contribution is 2.26. The Morgan fingerprint density at radius 2 is 1.88 bits per heavy atom. The predicted octanol–water partition coefficient (Wildman–Crippen LogP) is 4.73. The number of H-pyrrole nitrogens is 1. The molecule has 0 saturated heterocycles. The third-order valence-corrected chi connectivity index (χ3v) is 6.73. The molecule has 0 unspecified atom stereocenters. The molecule has 3 heterocycles. The van der Waals surface area contributed by atoms with Gasteiger partial charge in [0.05, 0.1) is 12.2 Å². The van der Waals surface area contributed by atoms with E-state index in [1.807, 2.05) is 25.1 Å². The van der Waals surface area contributed by atoms with E-state index in [0.29, 0.717) is 12.4 Å². The van der Waals surface area contributed by atoms with E-state index in [1.165, 1.54) is 22.7 Å². The molecule has 3 aromatic heterocycles. The molecule has 0 spiro atoms. The Balaban J connectivity index is 1.28. The van der Waals surface area contributed by atoms with Gasteiger partial charge in [-0.3, -0.25) is 0 Å². The van der Waals surface area contributed by atoms with Crippen LogP contribution in [0.25, 0.3) is 21.7 Å². The Kier molecular flexibility index (Phi) is 5.87. The number of aryl methyl sites for hydroxylation is 3. The number of rotatable bonds is 8. The number of tetrazole rings is 1. The molecule has 33 heavy (non-hydrogen) atoms. The van der Waals surface area contributed by atoms with Gasteiger partial charge < -0.3 is 9.30 Å². The van der Waals surface area contributed by atoms with Crippen molar-refractivity contribution in [2.45, 2.75) is 46.8 Å². The van der Waals surface area contributed by atoms with E-state index in [4.69, 9.17) is 9.72 Å². The summed E-state index contributed by atoms with van der Waals surface area (Å²) in [5, 5.41) is 14.3. The van der Waals surface area contributed by atoms with Gasteiger partial charge in [0, 0.05) is 12.0 Å². The first kappa shape index (κ1) is 21.3. The summed E-state index contributed by atoms with van der Waals surface area (Å²) in [6, 6.07) is 14.5. The van der Waals surface area contributed by atoms with Gasteiger partial charge in [0.1, 0.15) is 28.5 Å². The lowest BCUT2D eigenvalue weighted by Crippen LogP contribution is -2.04. The molecule has 1 N–H and O–H groups in total. The fraction of sp³-hybridized carbons (Fsp3) is 0.292. The molecule has 0 bridgehead atoms. The van der Waals surface area contributed by atoms with Crippen LogP contribution in [0.1, 0.15) is 42.1 Å². The van der Waals surface area contributed by atoms with Crippen molar-refractivity contribution in [3.63, 3.8) is 0 Å². The number of aromatic amines is 1. The highest BCUT2D eigenvalue weighted by atomic mass is 32.1. The predicted molar refractivity (Wildman–Crippen MR) is 128 cm³/mol. The number of aromatic nitrogens is 7. The number of nitrogens with zero attached hydrogens (tertiary/aromatic N) is 6. The summed E-state index contributed by atoms with van der Waals surface area (Å²) in [7, 11) is 0. The zero-order valence-electron chi connectivity index (χ0n) is 18.9. The van der Waals surface area contributed by atoms with Gasteiger partial charge in [0.15, 0.2) is 0 Å². The Bertz CT molecular complexity index is 1370. The number of hydrogen-bond acceptors (Lipinski definition) is 7. The first-order valence-corrected chi connectivity index (χ1v) is 11.8. The molecule has 0 aliphatic rings. The van der Waals surface area contributed by atoms with Crippen LogP contribution in [-0.4, -0.2) is 34.5 Å². The largest absolute Gasteiger partial charge is 0.489 e. The molecule has 0 amide bonds. The van der Waals surface area contributed by atoms with Crippen LogP contribution < -0.4 is 4.74 Å². The highest BCUT2D eigenvalue weighted by molar-refractivity contribution is 7.13. The van der Waals surface area contributed by atoms with Gasteiger partial charge in [-0.25, -0.2) is 4.98 Å². The van der Waals surface area contributed by atoms with Crippen molar-refractivity contribution in [1.82, 2.24) is 34.5 Å². The Hall–Kier alpha value is -3.59. The topological polar surface area (TPSA) is 94.4 Å². The maximum absolute atomic E-state index is 6.10. The van der Waals surface area contributed by atoms with Crippen LogP contribution in [0.5, 0.6) is 5.75 Å². The lowest BCUT2D eigenvalue weighted by molar-refractivity contribution is 0.305. The Morgan fingerprint density at radius 1 is 1.03 bits per heavy atom. The summed E-state index contributed by atoms with van der Waals surface area (Å²) in [6.45, 7) is 7.58. The first-order chi connectivity index (χ1) is 16.2. The highest BCUT2D eigenvalue weighted by Gasteiger charge is 2.15. The average molecular weight is 460 g/mol. The second-order valence-corrected chi connectivity index (χ2v) is 8.65. The quantitative estimate of drug-likeness (QED) is 0.360. The van der Waals surface area contributed by atoms with Crippen molar-refractivity contribution in [2.24, 2.45) is 0 Å². The molecule has 0 saturated carbocycles. The molecule has 168 valence electrons. The molecule has 0 radical (unpaired) electrons. The van der Waals surface area contributed by atoms with E-state index >= 15 is 0 Å². The molecule has 0 aliphatic carbocycles. The first-order valence-electron chi connectivity index (χ1n) is 11.0. The summed E-state index contributed by atoms with van der Waals surface area (Å²) in [4.78, 5) is 5.92. The minimum atomic E-state index is 0.511. The van der Waals surface area contributed by atoms with Crippen molar-refractivity contribution >= 4 is 21.9 Å². The molecule has 0 atom stereocenters. The fourth-order valence-electron chi connectivity index (χ4n) is 3.95. The molecular formula is C24H25N7OS. The number of hydrogen-bond donors (Lipinski definition) is 1. The van der Waals surface area contributed by atoms with Gasteiger partial charge in [-0.15, -0.1) is 10.2 Å². The maximum atomic E-state index is 6.10. The molecular weight excluding hydrogens is 434 g/mol. The minimum absolute atomic E-state index is 0.511. The lowest BCUT2D eigenvalue weighted by Gasteiger charge is -2.12. The van der Waals surface area contributed by atoms with Gasteiger partial charge in [-0.1, -0.05) is 38.1 Å². The van der Waals surface area contributed by atoms with Crippen LogP contribution in [0.4, 0.5) is 0 Å². The Morgan fingerprint density at radius 3 is 2.61 bits per heavy atom. The fourth-order valence-corrected chi connectivity index (χ4v) is 4.81. The average Bonchev–Trinajstić information content (AvgIpc) is 3.58. The summed E-state index contributed by atoms with van der Waals surface area (Å²) >= 11 is 1.52. The third-order valence-electron chi connectivity index (χ3n) is 5.78. The maximum Gasteiger partial charge on any atom is 0.204 e. The van der Waals surface area contributed by atoms with Crippen LogP contribution in [-0.2, 0) is 26.0 Å². The molecule has 0 aliphatic heterocycles. The van der Waals surface area contributed by atoms with Crippen molar-refractivity contribution in [3.8, 4) is 17.1 Å². The number of nitrogens with one attached hydrogen (secondary N) is 1. The molecule has 5 aromatic rings. The number of imidazole rings is 1. The smallest absolute Gasteiger partial charge is 0.204 e. The molecule has 5 rings (SSSR count). The van der Waals surface area contributed by atoms with Gasteiger partial charge in [0.2, 0.25) is 5.82 Å². The van der Waals surface area contributed by atoms with Crippen LogP contribution >= 0.6 is 11.5 Å². The number of benzene rings is 2. The number of fused-ring (bicyclic) bond motifs is 1. The summed E-state index contributed by atoms with van der Waals surface area (Å²) in [5.74, 6) is 2.55. The van der Waals surface area contributed by atoms with E-state index in [9.17, 15) is 0 Å². The van der Waals surface area contributed by atoms with Crippen molar-refractivity contribution in [3.05, 3.63) is 70.7 Å². The Labute approximate surface area is 195 Å². The van der Waals surface area contributed by atoms with E-state index in [-0.39, 0.29) is 0 Å². The lowest BCUT2D eigenvalue weighted by atomic mass is 10.0. The van der Waals surface area contributed by atoms with Crippen molar-refractivity contribution in [2.75, 3.05) is 0 Å². The second kappa shape index (κ2) is 9.11. The monoisotopic (exact) mass is 459 g/mol. The molecule has 8 nitrogen and oxygen atoms in total. The standard InChI is InChI=1S/C24H25N7OS/c1-4-17-12-18(23-26-29-30-27-23)8-9-19(17)14-32-20-10-6-16(7-11-20)13-31-21(5-2)25-22-15(3)28-33-24(22)31/h6-12H,4-5,13-14H2,1-3H3,(H,26,27,29,30).